The van der Waals surface area contributed by atoms with Crippen molar-refractivity contribution < 1.29 is 0 Å². The molecule has 0 radical (unpaired) electrons. The lowest BCUT2D eigenvalue weighted by molar-refractivity contribution is 0.223. The molecule has 108 valence electrons. The molecule has 2 aromatic heterocycles. The largest absolute Gasteiger partial charge is 0.366 e. The third kappa shape index (κ3) is 3.10. The van der Waals surface area contributed by atoms with Crippen LogP contribution in [0.2, 0.25) is 0 Å². The molecule has 1 saturated heterocycles. The topological polar surface area (TPSA) is 41.0 Å². The molecule has 1 unspecified atom stereocenters. The van der Waals surface area contributed by atoms with E-state index in [9.17, 15) is 0 Å². The van der Waals surface area contributed by atoms with E-state index in [1.807, 2.05) is 0 Å². The molecule has 4 nitrogen and oxygen atoms in total. The van der Waals surface area contributed by atoms with Crippen LogP contribution >= 0.6 is 11.3 Å². The molecular weight excluding hydrogens is 268 g/mol. The van der Waals surface area contributed by atoms with Gasteiger partial charge in [-0.05, 0) is 45.8 Å². The first-order chi connectivity index (χ1) is 9.72. The first-order valence-electron chi connectivity index (χ1n) is 7.42. The van der Waals surface area contributed by atoms with Crippen molar-refractivity contribution in [3.05, 3.63) is 17.3 Å². The van der Waals surface area contributed by atoms with E-state index in [-0.39, 0.29) is 0 Å². The summed E-state index contributed by atoms with van der Waals surface area (Å²) in [5.74, 6) is 0.976. The summed E-state index contributed by atoms with van der Waals surface area (Å²) < 4.78 is 0. The normalized spacial score (nSPS) is 18.3. The summed E-state index contributed by atoms with van der Waals surface area (Å²) in [6.45, 7) is 7.93. The van der Waals surface area contributed by atoms with Crippen LogP contribution in [0.4, 0.5) is 5.82 Å². The summed E-state index contributed by atoms with van der Waals surface area (Å²) >= 11 is 1.73. The van der Waals surface area contributed by atoms with Crippen molar-refractivity contribution in [3.8, 4) is 0 Å². The number of likely N-dealkylation sites (tertiary alicyclic amines) is 1. The maximum Gasteiger partial charge on any atom is 0.138 e. The molecule has 0 aromatic carbocycles. The second kappa shape index (κ2) is 6.06. The SMILES string of the molecule is Cc1cc2c(NC(C)CN3CCCCC3)ncnc2s1. The van der Waals surface area contributed by atoms with Crippen LogP contribution in [0.1, 0.15) is 31.1 Å². The number of nitrogens with zero attached hydrogens (tertiary/aromatic N) is 3. The van der Waals surface area contributed by atoms with Gasteiger partial charge in [-0.2, -0.15) is 0 Å². The number of aryl methyl sites for hydroxylation is 1. The molecule has 2 aromatic rings. The number of hydrogen-bond acceptors (Lipinski definition) is 5. The zero-order valence-electron chi connectivity index (χ0n) is 12.2. The predicted octanol–water partition coefficient (Wildman–Crippen LogP) is 3.29. The van der Waals surface area contributed by atoms with Gasteiger partial charge in [-0.15, -0.1) is 11.3 Å². The fourth-order valence-electron chi connectivity index (χ4n) is 2.90. The van der Waals surface area contributed by atoms with Crippen LogP contribution in [-0.4, -0.2) is 40.5 Å². The molecule has 1 fully saturated rings. The van der Waals surface area contributed by atoms with Crippen LogP contribution in [0.3, 0.4) is 0 Å². The zero-order valence-corrected chi connectivity index (χ0v) is 13.0. The van der Waals surface area contributed by atoms with Gasteiger partial charge in [0.15, 0.2) is 0 Å². The van der Waals surface area contributed by atoms with Gasteiger partial charge in [-0.1, -0.05) is 6.42 Å². The Kier molecular flexibility index (Phi) is 4.17. The lowest BCUT2D eigenvalue weighted by atomic mass is 10.1. The summed E-state index contributed by atoms with van der Waals surface area (Å²) in [5.41, 5.74) is 0. The smallest absolute Gasteiger partial charge is 0.138 e. The molecule has 0 aliphatic carbocycles. The quantitative estimate of drug-likeness (QED) is 0.938. The van der Waals surface area contributed by atoms with Gasteiger partial charge in [0.25, 0.3) is 0 Å². The Morgan fingerprint density at radius 1 is 1.30 bits per heavy atom. The average Bonchev–Trinajstić information content (AvgIpc) is 2.81. The summed E-state index contributed by atoms with van der Waals surface area (Å²) in [5, 5.41) is 4.71. The molecule has 5 heteroatoms. The van der Waals surface area contributed by atoms with Gasteiger partial charge in [0.05, 0.1) is 5.39 Å². The van der Waals surface area contributed by atoms with Crippen LogP contribution in [0, 0.1) is 6.92 Å². The van der Waals surface area contributed by atoms with Crippen molar-refractivity contribution in [2.75, 3.05) is 25.0 Å². The van der Waals surface area contributed by atoms with E-state index < -0.39 is 0 Å². The van der Waals surface area contributed by atoms with E-state index >= 15 is 0 Å². The molecule has 20 heavy (non-hydrogen) atoms. The predicted molar refractivity (Wildman–Crippen MR) is 85.5 cm³/mol. The third-order valence-corrected chi connectivity index (χ3v) is 4.77. The first kappa shape index (κ1) is 13.8. The van der Waals surface area contributed by atoms with Crippen LogP contribution < -0.4 is 5.32 Å². The second-order valence-electron chi connectivity index (χ2n) is 5.70. The molecule has 3 heterocycles. The third-order valence-electron chi connectivity index (χ3n) is 3.82. The fourth-order valence-corrected chi connectivity index (χ4v) is 3.75. The van der Waals surface area contributed by atoms with Crippen LogP contribution in [-0.2, 0) is 0 Å². The van der Waals surface area contributed by atoms with E-state index in [2.05, 4.69) is 40.1 Å². The zero-order chi connectivity index (χ0) is 13.9. The number of hydrogen-bond donors (Lipinski definition) is 1. The van der Waals surface area contributed by atoms with E-state index in [1.54, 1.807) is 17.7 Å². The number of rotatable bonds is 4. The Bertz CT molecular complexity index is 574. The lowest BCUT2D eigenvalue weighted by Gasteiger charge is -2.29. The molecular formula is C15H22N4S. The number of aromatic nitrogens is 2. The van der Waals surface area contributed by atoms with Crippen molar-refractivity contribution in [1.29, 1.82) is 0 Å². The van der Waals surface area contributed by atoms with Crippen molar-refractivity contribution >= 4 is 27.4 Å². The van der Waals surface area contributed by atoms with Crippen molar-refractivity contribution in [3.63, 3.8) is 0 Å². The molecule has 0 spiro atoms. The minimum Gasteiger partial charge on any atom is -0.366 e. The Morgan fingerprint density at radius 2 is 2.10 bits per heavy atom. The van der Waals surface area contributed by atoms with Gasteiger partial charge >= 0.3 is 0 Å². The molecule has 1 atom stereocenters. The number of thiophene rings is 1. The number of piperidine rings is 1. The second-order valence-corrected chi connectivity index (χ2v) is 6.94. The van der Waals surface area contributed by atoms with Crippen molar-refractivity contribution in [1.82, 2.24) is 14.9 Å². The standard InChI is InChI=1S/C15H22N4S/c1-11(9-19-6-4-3-5-7-19)18-14-13-8-12(2)20-15(13)17-10-16-14/h8,10-11H,3-7,9H2,1-2H3,(H,16,17,18). The van der Waals surface area contributed by atoms with E-state index in [1.165, 1.54) is 37.2 Å². The van der Waals surface area contributed by atoms with Gasteiger partial charge < -0.3 is 10.2 Å². The fraction of sp³-hybridized carbons (Fsp3) is 0.600. The Balaban J connectivity index is 1.68. The molecule has 3 rings (SSSR count). The Hall–Kier alpha value is -1.20. The molecule has 0 bridgehead atoms. The summed E-state index contributed by atoms with van der Waals surface area (Å²) in [4.78, 5) is 13.7. The molecule has 0 amide bonds. The lowest BCUT2D eigenvalue weighted by Crippen LogP contribution is -2.38. The average molecular weight is 290 g/mol. The monoisotopic (exact) mass is 290 g/mol. The van der Waals surface area contributed by atoms with Crippen molar-refractivity contribution in [2.24, 2.45) is 0 Å². The first-order valence-corrected chi connectivity index (χ1v) is 8.24. The Labute approximate surface area is 124 Å². The van der Waals surface area contributed by atoms with Gasteiger partial charge in [0.1, 0.15) is 17.0 Å². The van der Waals surface area contributed by atoms with Crippen LogP contribution in [0.5, 0.6) is 0 Å². The highest BCUT2D eigenvalue weighted by molar-refractivity contribution is 7.18. The maximum atomic E-state index is 4.42. The van der Waals surface area contributed by atoms with Gasteiger partial charge in [-0.3, -0.25) is 0 Å². The summed E-state index contributed by atoms with van der Waals surface area (Å²) in [6, 6.07) is 2.59. The number of anilines is 1. The van der Waals surface area contributed by atoms with Gasteiger partial charge in [0.2, 0.25) is 0 Å². The highest BCUT2D eigenvalue weighted by Crippen LogP contribution is 2.27. The summed E-state index contributed by atoms with van der Waals surface area (Å²) in [6.07, 6.45) is 5.73. The van der Waals surface area contributed by atoms with Crippen LogP contribution in [0.15, 0.2) is 12.4 Å². The molecule has 1 N–H and O–H groups in total. The van der Waals surface area contributed by atoms with E-state index in [0.29, 0.717) is 6.04 Å². The summed E-state index contributed by atoms with van der Waals surface area (Å²) in [7, 11) is 0. The minimum atomic E-state index is 0.409. The molecule has 1 aliphatic rings. The molecule has 1 aliphatic heterocycles. The van der Waals surface area contributed by atoms with Crippen molar-refractivity contribution in [2.45, 2.75) is 39.2 Å². The van der Waals surface area contributed by atoms with Crippen LogP contribution in [0.25, 0.3) is 10.2 Å². The van der Waals surface area contributed by atoms with Gasteiger partial charge in [0, 0.05) is 17.5 Å². The van der Waals surface area contributed by atoms with E-state index in [0.717, 1.165) is 22.6 Å². The highest BCUT2D eigenvalue weighted by Gasteiger charge is 2.15. The minimum absolute atomic E-state index is 0.409. The number of fused-ring (bicyclic) bond motifs is 1. The number of nitrogens with one attached hydrogen (secondary N) is 1. The molecule has 0 saturated carbocycles. The highest BCUT2D eigenvalue weighted by atomic mass is 32.1. The van der Waals surface area contributed by atoms with E-state index in [4.69, 9.17) is 0 Å². The Morgan fingerprint density at radius 3 is 2.90 bits per heavy atom. The van der Waals surface area contributed by atoms with Gasteiger partial charge in [-0.25, -0.2) is 9.97 Å². The maximum absolute atomic E-state index is 4.42.